The van der Waals surface area contributed by atoms with E-state index in [1.807, 2.05) is 66.7 Å². The van der Waals surface area contributed by atoms with Gasteiger partial charge in [-0.05, 0) is 53.6 Å². The quantitative estimate of drug-likeness (QED) is 0.314. The van der Waals surface area contributed by atoms with Crippen LogP contribution in [0.5, 0.6) is 11.5 Å². The topological polar surface area (TPSA) is 60.1 Å². The fourth-order valence-corrected chi connectivity index (χ4v) is 4.12. The third-order valence-corrected chi connectivity index (χ3v) is 6.00. The maximum absolute atomic E-state index is 10.0. The van der Waals surface area contributed by atoms with Crippen LogP contribution in [0.1, 0.15) is 17.0 Å². The Bertz CT molecular complexity index is 1370. The number of aromatic nitrogens is 2. The van der Waals surface area contributed by atoms with Crippen LogP contribution in [-0.2, 0) is 6.54 Å². The maximum atomic E-state index is 10.0. The average molecular weight is 493 g/mol. The van der Waals surface area contributed by atoms with Gasteiger partial charge in [0.15, 0.2) is 17.3 Å². The van der Waals surface area contributed by atoms with E-state index < -0.39 is 0 Å². The summed E-state index contributed by atoms with van der Waals surface area (Å²) in [4.78, 5) is 4.77. The van der Waals surface area contributed by atoms with Crippen LogP contribution in [-0.4, -0.2) is 16.3 Å². The minimum atomic E-state index is 0.191. The van der Waals surface area contributed by atoms with Gasteiger partial charge in [0.05, 0.1) is 16.6 Å². The highest BCUT2D eigenvalue weighted by Gasteiger charge is 2.18. The molecule has 0 spiro atoms. The standard InChI is InChI=1S/C24H15BrClN3O2/c25-19-11-23-22(30-14-31-23)10-16(19)9-17(12-27)24-28-20-3-1-2-4-21(20)29(24)13-15-5-7-18(26)8-6-15/h1-11H,13-14H2/b17-9+. The number of nitrogens with zero attached hydrogens (tertiary/aromatic N) is 3. The van der Waals surface area contributed by atoms with E-state index in [1.54, 1.807) is 0 Å². The summed E-state index contributed by atoms with van der Waals surface area (Å²) >= 11 is 9.61. The molecule has 0 fully saturated rings. The number of allylic oxidation sites excluding steroid dienone is 1. The van der Waals surface area contributed by atoms with E-state index in [-0.39, 0.29) is 6.79 Å². The highest BCUT2D eigenvalue weighted by molar-refractivity contribution is 9.10. The summed E-state index contributed by atoms with van der Waals surface area (Å²) in [5.74, 6) is 1.93. The predicted molar refractivity (Wildman–Crippen MR) is 124 cm³/mol. The van der Waals surface area contributed by atoms with Crippen molar-refractivity contribution in [3.63, 3.8) is 0 Å². The molecule has 5 nitrogen and oxygen atoms in total. The Hall–Kier alpha value is -3.27. The van der Waals surface area contributed by atoms with Gasteiger partial charge in [0.1, 0.15) is 6.07 Å². The van der Waals surface area contributed by atoms with E-state index in [9.17, 15) is 5.26 Å². The second-order valence-corrected chi connectivity index (χ2v) is 8.32. The number of halogens is 2. The van der Waals surface area contributed by atoms with Crippen molar-refractivity contribution in [2.45, 2.75) is 6.54 Å². The Balaban J connectivity index is 1.64. The number of benzene rings is 3. The van der Waals surface area contributed by atoms with Crippen molar-refractivity contribution in [3.05, 3.63) is 87.1 Å². The number of rotatable bonds is 4. The SMILES string of the molecule is N#C/C(=C\c1cc2c(cc1Br)OCO2)c1nc2ccccc2n1Cc1ccc(Cl)cc1. The summed E-state index contributed by atoms with van der Waals surface area (Å²) in [6.45, 7) is 0.755. The van der Waals surface area contributed by atoms with Crippen LogP contribution in [0.3, 0.4) is 0 Å². The van der Waals surface area contributed by atoms with Crippen molar-refractivity contribution in [1.82, 2.24) is 9.55 Å². The molecule has 0 amide bonds. The van der Waals surface area contributed by atoms with Gasteiger partial charge in [-0.3, -0.25) is 0 Å². The largest absolute Gasteiger partial charge is 0.454 e. The highest BCUT2D eigenvalue weighted by Crippen LogP contribution is 2.38. The van der Waals surface area contributed by atoms with E-state index in [2.05, 4.69) is 26.6 Å². The minimum absolute atomic E-state index is 0.191. The van der Waals surface area contributed by atoms with Gasteiger partial charge in [-0.2, -0.15) is 5.26 Å². The Kier molecular flexibility index (Phi) is 5.14. The lowest BCUT2D eigenvalue weighted by Gasteiger charge is -2.10. The molecule has 0 saturated heterocycles. The van der Waals surface area contributed by atoms with Gasteiger partial charge in [-0.15, -0.1) is 0 Å². The first-order chi connectivity index (χ1) is 15.1. The third kappa shape index (κ3) is 3.78. The van der Waals surface area contributed by atoms with Crippen molar-refractivity contribution < 1.29 is 9.47 Å². The van der Waals surface area contributed by atoms with Crippen molar-refractivity contribution in [2.75, 3.05) is 6.79 Å². The van der Waals surface area contributed by atoms with Gasteiger partial charge in [0, 0.05) is 16.0 Å². The van der Waals surface area contributed by atoms with Crippen molar-refractivity contribution >= 4 is 50.2 Å². The molecule has 1 aliphatic rings. The highest BCUT2D eigenvalue weighted by atomic mass is 79.9. The van der Waals surface area contributed by atoms with E-state index >= 15 is 0 Å². The van der Waals surface area contributed by atoms with Gasteiger partial charge in [0.25, 0.3) is 0 Å². The monoisotopic (exact) mass is 491 g/mol. The van der Waals surface area contributed by atoms with E-state index in [4.69, 9.17) is 26.1 Å². The molecule has 1 aliphatic heterocycles. The number of imidazole rings is 1. The van der Waals surface area contributed by atoms with Crippen LogP contribution in [0.4, 0.5) is 0 Å². The van der Waals surface area contributed by atoms with Crippen LogP contribution in [0.2, 0.25) is 5.02 Å². The fourth-order valence-electron chi connectivity index (χ4n) is 3.56. The smallest absolute Gasteiger partial charge is 0.231 e. The molecule has 2 heterocycles. The van der Waals surface area contributed by atoms with E-state index in [0.717, 1.165) is 26.6 Å². The van der Waals surface area contributed by atoms with Gasteiger partial charge < -0.3 is 14.0 Å². The molecule has 0 unspecified atom stereocenters. The molecule has 0 aliphatic carbocycles. The Morgan fingerprint density at radius 2 is 1.87 bits per heavy atom. The van der Waals surface area contributed by atoms with Crippen LogP contribution >= 0.6 is 27.5 Å². The second kappa shape index (κ2) is 8.10. The zero-order chi connectivity index (χ0) is 21.4. The molecule has 0 N–H and O–H groups in total. The molecule has 0 bridgehead atoms. The Morgan fingerprint density at radius 3 is 2.65 bits per heavy atom. The number of para-hydroxylation sites is 2. The number of ether oxygens (including phenoxy) is 2. The molecule has 1 aromatic heterocycles. The number of hydrogen-bond donors (Lipinski definition) is 0. The first kappa shape index (κ1) is 19.7. The molecule has 0 saturated carbocycles. The summed E-state index contributed by atoms with van der Waals surface area (Å²) in [7, 11) is 0. The molecule has 0 radical (unpaired) electrons. The normalized spacial score (nSPS) is 12.9. The average Bonchev–Trinajstić information content (AvgIpc) is 3.38. The summed E-state index contributed by atoms with van der Waals surface area (Å²) < 4.78 is 13.8. The lowest BCUT2D eigenvalue weighted by Crippen LogP contribution is -2.04. The lowest BCUT2D eigenvalue weighted by atomic mass is 10.1. The summed E-state index contributed by atoms with van der Waals surface area (Å²) in [5, 5.41) is 10.7. The number of fused-ring (bicyclic) bond motifs is 2. The number of hydrogen-bond acceptors (Lipinski definition) is 4. The zero-order valence-electron chi connectivity index (χ0n) is 16.2. The van der Waals surface area contributed by atoms with E-state index in [1.165, 1.54) is 0 Å². The van der Waals surface area contributed by atoms with Gasteiger partial charge in [-0.1, -0.05) is 51.8 Å². The van der Waals surface area contributed by atoms with Gasteiger partial charge in [-0.25, -0.2) is 4.98 Å². The molecule has 152 valence electrons. The maximum Gasteiger partial charge on any atom is 0.231 e. The van der Waals surface area contributed by atoms with Crippen molar-refractivity contribution in [1.29, 1.82) is 5.26 Å². The predicted octanol–water partition coefficient (Wildman–Crippen LogP) is 6.29. The summed E-state index contributed by atoms with van der Waals surface area (Å²) in [6, 6.07) is 21.6. The summed E-state index contributed by atoms with van der Waals surface area (Å²) in [6.07, 6.45) is 1.81. The zero-order valence-corrected chi connectivity index (χ0v) is 18.5. The fraction of sp³-hybridized carbons (Fsp3) is 0.0833. The van der Waals surface area contributed by atoms with Crippen LogP contribution in [0.15, 0.2) is 65.1 Å². The Labute approximate surface area is 192 Å². The van der Waals surface area contributed by atoms with Crippen LogP contribution < -0.4 is 9.47 Å². The van der Waals surface area contributed by atoms with E-state index in [0.29, 0.717) is 34.5 Å². The first-order valence-electron chi connectivity index (χ1n) is 9.53. The van der Waals surface area contributed by atoms with Crippen molar-refractivity contribution in [3.8, 4) is 17.6 Å². The van der Waals surface area contributed by atoms with Gasteiger partial charge >= 0.3 is 0 Å². The second-order valence-electron chi connectivity index (χ2n) is 7.03. The molecule has 4 aromatic rings. The van der Waals surface area contributed by atoms with Crippen LogP contribution in [0.25, 0.3) is 22.7 Å². The first-order valence-corrected chi connectivity index (χ1v) is 10.7. The van der Waals surface area contributed by atoms with Crippen LogP contribution in [0, 0.1) is 11.3 Å². The van der Waals surface area contributed by atoms with Gasteiger partial charge in [0.2, 0.25) is 6.79 Å². The molecular formula is C24H15BrClN3O2. The minimum Gasteiger partial charge on any atom is -0.454 e. The molecule has 7 heteroatoms. The molecule has 3 aromatic carbocycles. The third-order valence-electron chi connectivity index (χ3n) is 5.06. The molecular weight excluding hydrogens is 478 g/mol. The molecule has 5 rings (SSSR count). The molecule has 0 atom stereocenters. The summed E-state index contributed by atoms with van der Waals surface area (Å²) in [5.41, 5.74) is 4.11. The number of nitriles is 1. The van der Waals surface area contributed by atoms with Crippen molar-refractivity contribution in [2.24, 2.45) is 0 Å². The molecule has 31 heavy (non-hydrogen) atoms. The lowest BCUT2D eigenvalue weighted by molar-refractivity contribution is 0.174. The Morgan fingerprint density at radius 1 is 1.13 bits per heavy atom.